The van der Waals surface area contributed by atoms with Crippen molar-refractivity contribution in [2.45, 2.75) is 6.92 Å². The molecule has 6 heteroatoms. The molecule has 0 atom stereocenters. The van der Waals surface area contributed by atoms with E-state index in [2.05, 4.69) is 0 Å². The van der Waals surface area contributed by atoms with Crippen LogP contribution in [0, 0.1) is 0 Å². The summed E-state index contributed by atoms with van der Waals surface area (Å²) in [5, 5.41) is 2.22. The fourth-order valence-corrected chi connectivity index (χ4v) is 3.28. The lowest BCUT2D eigenvalue weighted by molar-refractivity contribution is -0.137. The van der Waals surface area contributed by atoms with Gasteiger partial charge in [-0.15, -0.1) is 11.3 Å². The normalized spacial score (nSPS) is 11.5. The quantitative estimate of drug-likeness (QED) is 0.456. The van der Waals surface area contributed by atoms with Crippen LogP contribution in [0.2, 0.25) is 0 Å². The van der Waals surface area contributed by atoms with Crippen molar-refractivity contribution in [3.05, 3.63) is 45.6 Å². The Bertz CT molecular complexity index is 952. The zero-order valence-corrected chi connectivity index (χ0v) is 12.6. The van der Waals surface area contributed by atoms with E-state index in [0.29, 0.717) is 28.0 Å². The number of ether oxygens (including phenoxy) is 1. The molecule has 5 nitrogen and oxygen atoms in total. The lowest BCUT2D eigenvalue weighted by Crippen LogP contribution is -2.00. The van der Waals surface area contributed by atoms with Gasteiger partial charge in [0, 0.05) is 21.7 Å². The van der Waals surface area contributed by atoms with E-state index in [1.165, 1.54) is 17.4 Å². The van der Waals surface area contributed by atoms with Gasteiger partial charge in [0.15, 0.2) is 0 Å². The van der Waals surface area contributed by atoms with E-state index in [4.69, 9.17) is 14.9 Å². The first kappa shape index (κ1) is 14.3. The van der Waals surface area contributed by atoms with E-state index in [1.54, 1.807) is 25.1 Å². The first-order valence-electron chi connectivity index (χ1n) is 6.70. The lowest BCUT2D eigenvalue weighted by Gasteiger charge is -1.99. The number of rotatable bonds is 3. The predicted octanol–water partition coefficient (Wildman–Crippen LogP) is 3.17. The van der Waals surface area contributed by atoms with Crippen molar-refractivity contribution in [2.75, 3.05) is 12.3 Å². The molecule has 22 heavy (non-hydrogen) atoms. The van der Waals surface area contributed by atoms with Crippen LogP contribution in [0.4, 0.5) is 5.00 Å². The van der Waals surface area contributed by atoms with Crippen molar-refractivity contribution in [3.8, 4) is 0 Å². The summed E-state index contributed by atoms with van der Waals surface area (Å²) in [6.07, 6.45) is 2.95. The highest BCUT2D eigenvalue weighted by molar-refractivity contribution is 7.18. The number of carbonyl (C=O) groups excluding carboxylic acids is 1. The second-order valence-electron chi connectivity index (χ2n) is 4.55. The van der Waals surface area contributed by atoms with Gasteiger partial charge < -0.3 is 14.9 Å². The van der Waals surface area contributed by atoms with Crippen molar-refractivity contribution in [2.24, 2.45) is 0 Å². The number of nitrogen functional groups attached to an aromatic ring is 1. The molecule has 0 saturated heterocycles. The highest BCUT2D eigenvalue weighted by Crippen LogP contribution is 2.36. The number of thiophene rings is 1. The van der Waals surface area contributed by atoms with Gasteiger partial charge in [-0.1, -0.05) is 18.2 Å². The summed E-state index contributed by atoms with van der Waals surface area (Å²) >= 11 is 1.24. The minimum absolute atomic E-state index is 0.309. The van der Waals surface area contributed by atoms with Gasteiger partial charge in [-0.2, -0.15) is 0 Å². The number of hydrogen-bond acceptors (Lipinski definition) is 6. The third-order valence-corrected chi connectivity index (χ3v) is 4.17. The number of para-hydroxylation sites is 1. The van der Waals surface area contributed by atoms with Crippen molar-refractivity contribution >= 4 is 50.1 Å². The fourth-order valence-electron chi connectivity index (χ4n) is 2.30. The van der Waals surface area contributed by atoms with Gasteiger partial charge in [-0.3, -0.25) is 0 Å². The van der Waals surface area contributed by atoms with Crippen molar-refractivity contribution in [1.29, 1.82) is 0 Å². The maximum absolute atomic E-state index is 12.1. The first-order valence-corrected chi connectivity index (χ1v) is 7.52. The molecular formula is C16H13NO4S. The summed E-state index contributed by atoms with van der Waals surface area (Å²) in [5.41, 5.74) is 5.96. The minimum atomic E-state index is -0.474. The van der Waals surface area contributed by atoms with Gasteiger partial charge in [0.05, 0.1) is 6.61 Å². The molecule has 1 aromatic carbocycles. The second-order valence-corrected chi connectivity index (χ2v) is 5.64. The van der Waals surface area contributed by atoms with Crippen LogP contribution in [-0.2, 0) is 9.53 Å². The molecule has 0 bridgehead atoms. The Morgan fingerprint density at radius 2 is 2.14 bits per heavy atom. The molecular weight excluding hydrogens is 302 g/mol. The van der Waals surface area contributed by atoms with Crippen LogP contribution in [0.25, 0.3) is 27.8 Å². The van der Waals surface area contributed by atoms with E-state index in [0.717, 1.165) is 10.3 Å². The van der Waals surface area contributed by atoms with Crippen LogP contribution in [-0.4, -0.2) is 12.6 Å². The summed E-state index contributed by atoms with van der Waals surface area (Å²) in [6, 6.07) is 7.23. The molecule has 0 spiro atoms. The summed E-state index contributed by atoms with van der Waals surface area (Å²) < 4.78 is 10.1. The number of fused-ring (bicyclic) bond motifs is 3. The number of nitrogens with two attached hydrogens (primary N) is 1. The van der Waals surface area contributed by atoms with Crippen LogP contribution in [0.1, 0.15) is 11.8 Å². The molecule has 0 unspecified atom stereocenters. The fraction of sp³-hybridized carbons (Fsp3) is 0.125. The van der Waals surface area contributed by atoms with Gasteiger partial charge in [-0.25, -0.2) is 9.59 Å². The Kier molecular flexibility index (Phi) is 3.68. The molecule has 0 aliphatic rings. The predicted molar refractivity (Wildman–Crippen MR) is 87.9 cm³/mol. The van der Waals surface area contributed by atoms with Gasteiger partial charge in [0.2, 0.25) is 0 Å². The minimum Gasteiger partial charge on any atom is -0.463 e. The van der Waals surface area contributed by atoms with Crippen LogP contribution in [0.15, 0.2) is 39.6 Å². The van der Waals surface area contributed by atoms with Gasteiger partial charge >= 0.3 is 11.6 Å². The highest BCUT2D eigenvalue weighted by atomic mass is 32.1. The second kappa shape index (κ2) is 5.65. The Hall–Kier alpha value is -2.60. The smallest absolute Gasteiger partial charge is 0.347 e. The molecule has 0 fully saturated rings. The average molecular weight is 315 g/mol. The Morgan fingerprint density at radius 3 is 2.91 bits per heavy atom. The van der Waals surface area contributed by atoms with E-state index in [-0.39, 0.29) is 0 Å². The largest absolute Gasteiger partial charge is 0.463 e. The number of anilines is 1. The Morgan fingerprint density at radius 1 is 1.36 bits per heavy atom. The number of benzene rings is 1. The molecule has 0 saturated carbocycles. The van der Waals surface area contributed by atoms with Crippen molar-refractivity contribution in [3.63, 3.8) is 0 Å². The topological polar surface area (TPSA) is 82.5 Å². The number of carbonyl (C=O) groups is 1. The highest BCUT2D eigenvalue weighted by Gasteiger charge is 2.16. The SMILES string of the molecule is CCOC(=O)/C=C/c1sc(N)c2c(=O)oc3ccccc3c12. The summed E-state index contributed by atoms with van der Waals surface area (Å²) in [6.45, 7) is 2.05. The van der Waals surface area contributed by atoms with Crippen LogP contribution >= 0.6 is 11.3 Å². The lowest BCUT2D eigenvalue weighted by atomic mass is 10.1. The summed E-state index contributed by atoms with van der Waals surface area (Å²) in [4.78, 5) is 24.3. The van der Waals surface area contributed by atoms with Crippen LogP contribution in [0.3, 0.4) is 0 Å². The zero-order chi connectivity index (χ0) is 15.7. The van der Waals surface area contributed by atoms with Crippen molar-refractivity contribution in [1.82, 2.24) is 0 Å². The van der Waals surface area contributed by atoms with E-state index < -0.39 is 11.6 Å². The maximum Gasteiger partial charge on any atom is 0.347 e. The number of esters is 1. The monoisotopic (exact) mass is 315 g/mol. The Balaban J connectivity index is 2.27. The molecule has 2 N–H and O–H groups in total. The van der Waals surface area contributed by atoms with E-state index >= 15 is 0 Å². The number of hydrogen-bond donors (Lipinski definition) is 1. The van der Waals surface area contributed by atoms with E-state index in [9.17, 15) is 9.59 Å². The van der Waals surface area contributed by atoms with Gasteiger partial charge in [0.1, 0.15) is 16.0 Å². The summed E-state index contributed by atoms with van der Waals surface area (Å²) in [7, 11) is 0. The molecule has 2 heterocycles. The maximum atomic E-state index is 12.1. The molecule has 0 aliphatic carbocycles. The Labute approximate surface area is 129 Å². The zero-order valence-electron chi connectivity index (χ0n) is 11.8. The third kappa shape index (κ3) is 2.37. The molecule has 3 rings (SSSR count). The molecule has 0 radical (unpaired) electrons. The standard InChI is InChI=1S/C16H13NO4S/c1-2-20-12(18)8-7-11-13-9-5-3-4-6-10(9)21-16(19)14(13)15(17)22-11/h3-8H,2,17H2,1H3/b8-7+. The van der Waals surface area contributed by atoms with Gasteiger partial charge in [-0.05, 0) is 19.1 Å². The average Bonchev–Trinajstić information content (AvgIpc) is 2.83. The molecule has 0 aliphatic heterocycles. The van der Waals surface area contributed by atoms with Gasteiger partial charge in [0.25, 0.3) is 0 Å². The van der Waals surface area contributed by atoms with Crippen molar-refractivity contribution < 1.29 is 13.9 Å². The third-order valence-electron chi connectivity index (χ3n) is 3.18. The molecule has 112 valence electrons. The van der Waals surface area contributed by atoms with Crippen LogP contribution in [0.5, 0.6) is 0 Å². The van der Waals surface area contributed by atoms with Crippen LogP contribution < -0.4 is 11.4 Å². The molecule has 3 aromatic rings. The summed E-state index contributed by atoms with van der Waals surface area (Å²) in [5.74, 6) is -0.435. The molecule has 2 aromatic heterocycles. The van der Waals surface area contributed by atoms with E-state index in [1.807, 2.05) is 12.1 Å². The molecule has 0 amide bonds. The first-order chi connectivity index (χ1) is 10.6.